The Morgan fingerprint density at radius 1 is 1.11 bits per heavy atom. The van der Waals surface area contributed by atoms with Crippen molar-refractivity contribution in [3.63, 3.8) is 0 Å². The summed E-state index contributed by atoms with van der Waals surface area (Å²) in [5.74, 6) is -0.399. The lowest BCUT2D eigenvalue weighted by molar-refractivity contribution is -0.145. The number of carbonyl (C=O) groups excluding carboxylic acids is 1. The molecule has 7 nitrogen and oxygen atoms in total. The number of carbonyl (C=O) groups is 1. The molecule has 1 aromatic heterocycles. The number of benzene rings is 2. The van der Waals surface area contributed by atoms with E-state index in [2.05, 4.69) is 5.10 Å². The Morgan fingerprint density at radius 3 is 2.29 bits per heavy atom. The first-order valence-corrected chi connectivity index (χ1v) is 10.4. The smallest absolute Gasteiger partial charge is 0.319 e. The number of aromatic nitrogens is 2. The van der Waals surface area contributed by atoms with Crippen LogP contribution in [0, 0.1) is 0 Å². The lowest BCUT2D eigenvalue weighted by Gasteiger charge is -2.04. The van der Waals surface area contributed by atoms with Crippen molar-refractivity contribution < 1.29 is 18.0 Å². The van der Waals surface area contributed by atoms with Crippen molar-refractivity contribution >= 4 is 27.6 Å². The second-order valence-electron chi connectivity index (χ2n) is 6.08. The van der Waals surface area contributed by atoms with Gasteiger partial charge in [-0.3, -0.25) is 0 Å². The van der Waals surface area contributed by atoms with Gasteiger partial charge in [-0.1, -0.05) is 47.6 Å². The highest BCUT2D eigenvalue weighted by Crippen LogP contribution is 2.32. The molecular weight excluding hydrogens is 402 g/mol. The fourth-order valence-corrected chi connectivity index (χ4v) is 3.25. The van der Waals surface area contributed by atoms with Gasteiger partial charge in [0.15, 0.2) is 0 Å². The van der Waals surface area contributed by atoms with E-state index in [-0.39, 0.29) is 11.3 Å². The average Bonchev–Trinajstić information content (AvgIpc) is 3.05. The Kier molecular flexibility index (Phi) is 5.83. The zero-order chi connectivity index (χ0) is 20.3. The normalized spacial score (nSPS) is 11.4. The quantitative estimate of drug-likeness (QED) is 0.660. The summed E-state index contributed by atoms with van der Waals surface area (Å²) in [6, 6.07) is 13.1. The third-order valence-corrected chi connectivity index (χ3v) is 5.14. The van der Waals surface area contributed by atoms with Gasteiger partial charge in [-0.2, -0.15) is 0 Å². The predicted octanol–water partition coefficient (Wildman–Crippen LogP) is 3.27. The zero-order valence-corrected chi connectivity index (χ0v) is 16.6. The van der Waals surface area contributed by atoms with Crippen LogP contribution in [0.4, 0.5) is 0 Å². The lowest BCUT2D eigenvalue weighted by Crippen LogP contribution is -2.19. The summed E-state index contributed by atoms with van der Waals surface area (Å²) in [4.78, 5) is 18.2. The third kappa shape index (κ3) is 4.59. The summed E-state index contributed by atoms with van der Waals surface area (Å²) in [5, 5.41) is 10.1. The first-order chi connectivity index (χ1) is 13.3. The summed E-state index contributed by atoms with van der Waals surface area (Å²) in [6.45, 7) is 1.88. The van der Waals surface area contributed by atoms with Gasteiger partial charge in [0.2, 0.25) is 10.0 Å². The number of nitrogens with two attached hydrogens (primary N) is 1. The van der Waals surface area contributed by atoms with Crippen molar-refractivity contribution in [1.82, 2.24) is 9.94 Å². The maximum absolute atomic E-state index is 11.8. The van der Waals surface area contributed by atoms with Gasteiger partial charge in [-0.15, -0.1) is 5.10 Å². The lowest BCUT2D eigenvalue weighted by atomic mass is 10.0. The molecule has 0 radical (unpaired) electrons. The van der Waals surface area contributed by atoms with Crippen molar-refractivity contribution in [2.45, 2.75) is 24.7 Å². The molecule has 28 heavy (non-hydrogen) atoms. The van der Waals surface area contributed by atoms with Crippen LogP contribution in [0.15, 0.2) is 59.6 Å². The maximum Gasteiger partial charge on any atom is 0.334 e. The molecule has 0 aliphatic rings. The molecule has 0 aliphatic carbocycles. The third-order valence-electron chi connectivity index (χ3n) is 3.95. The van der Waals surface area contributed by atoms with Crippen LogP contribution in [0.1, 0.15) is 19.8 Å². The highest BCUT2D eigenvalue weighted by molar-refractivity contribution is 7.89. The van der Waals surface area contributed by atoms with E-state index in [0.717, 1.165) is 10.4 Å². The summed E-state index contributed by atoms with van der Waals surface area (Å²) in [6.07, 6.45) is 2.53. The Hall–Kier alpha value is -2.68. The van der Waals surface area contributed by atoms with E-state index in [1.807, 2.05) is 19.1 Å². The van der Waals surface area contributed by atoms with Crippen LogP contribution in [0.25, 0.3) is 22.4 Å². The fourth-order valence-electron chi connectivity index (χ4n) is 2.61. The second-order valence-corrected chi connectivity index (χ2v) is 8.08. The monoisotopic (exact) mass is 419 g/mol. The summed E-state index contributed by atoms with van der Waals surface area (Å²) >= 11 is 5.97. The molecule has 0 saturated heterocycles. The number of sulfonamides is 1. The van der Waals surface area contributed by atoms with Gasteiger partial charge in [0, 0.05) is 22.6 Å². The Balaban J connectivity index is 2.06. The molecule has 1 heterocycles. The summed E-state index contributed by atoms with van der Waals surface area (Å²) in [7, 11) is -3.80. The largest absolute Gasteiger partial charge is 0.334 e. The molecule has 0 atom stereocenters. The highest BCUT2D eigenvalue weighted by Gasteiger charge is 2.17. The van der Waals surface area contributed by atoms with Crippen LogP contribution < -0.4 is 9.98 Å². The molecule has 9 heteroatoms. The second kappa shape index (κ2) is 8.14. The molecule has 2 N–H and O–H groups in total. The number of nitrogens with zero attached hydrogens (tertiary/aromatic N) is 2. The van der Waals surface area contributed by atoms with Crippen LogP contribution in [0.2, 0.25) is 5.02 Å². The first kappa shape index (κ1) is 20.1. The molecule has 0 bridgehead atoms. The van der Waals surface area contributed by atoms with Crippen molar-refractivity contribution in [3.05, 3.63) is 59.8 Å². The molecule has 146 valence electrons. The van der Waals surface area contributed by atoms with Gasteiger partial charge in [-0.05, 0) is 36.2 Å². The van der Waals surface area contributed by atoms with Gasteiger partial charge in [-0.25, -0.2) is 18.4 Å². The molecule has 0 aliphatic heterocycles. The number of halogens is 1. The Labute approximate surface area is 167 Å². The molecule has 3 rings (SSSR count). The molecule has 0 spiro atoms. The SMILES string of the molecule is CCCC(=O)On1cc(-c2ccc(Cl)cc2)c(-c2ccc(S(N)(=O)=O)cc2)n1. The Morgan fingerprint density at radius 2 is 1.71 bits per heavy atom. The minimum Gasteiger partial charge on any atom is -0.319 e. The number of hydrogen-bond donors (Lipinski definition) is 1. The molecule has 0 unspecified atom stereocenters. The summed E-state index contributed by atoms with van der Waals surface area (Å²) < 4.78 is 23.0. The standard InChI is InChI=1S/C19H18ClN3O4S/c1-2-3-18(24)27-23-12-17(13-4-8-15(20)9-5-13)19(22-23)14-6-10-16(11-7-14)28(21,25)26/h4-12H,2-3H2,1H3,(H2,21,25,26). The van der Waals surface area contributed by atoms with Crippen molar-refractivity contribution in [2.24, 2.45) is 5.14 Å². The first-order valence-electron chi connectivity index (χ1n) is 8.48. The molecule has 2 aromatic carbocycles. The number of hydrogen-bond acceptors (Lipinski definition) is 5. The van der Waals surface area contributed by atoms with E-state index in [1.165, 1.54) is 12.1 Å². The zero-order valence-electron chi connectivity index (χ0n) is 15.0. The Bertz CT molecular complexity index is 1090. The average molecular weight is 420 g/mol. The minimum atomic E-state index is -3.80. The highest BCUT2D eigenvalue weighted by atomic mass is 35.5. The van der Waals surface area contributed by atoms with Crippen LogP contribution in [0.5, 0.6) is 0 Å². The van der Waals surface area contributed by atoms with E-state index < -0.39 is 16.0 Å². The van der Waals surface area contributed by atoms with E-state index in [4.69, 9.17) is 21.6 Å². The predicted molar refractivity (Wildman–Crippen MR) is 106 cm³/mol. The number of primary sulfonamides is 1. The van der Waals surface area contributed by atoms with E-state index >= 15 is 0 Å². The molecule has 0 fully saturated rings. The molecule has 3 aromatic rings. The minimum absolute atomic E-state index is 0.00176. The molecular formula is C19H18ClN3O4S. The van der Waals surface area contributed by atoms with Crippen molar-refractivity contribution in [3.8, 4) is 22.4 Å². The molecule has 0 saturated carbocycles. The van der Waals surface area contributed by atoms with Gasteiger partial charge < -0.3 is 4.84 Å². The van der Waals surface area contributed by atoms with E-state index in [0.29, 0.717) is 28.3 Å². The topological polar surface area (TPSA) is 104 Å². The van der Waals surface area contributed by atoms with E-state index in [1.54, 1.807) is 30.5 Å². The molecule has 0 amide bonds. The van der Waals surface area contributed by atoms with E-state index in [9.17, 15) is 13.2 Å². The van der Waals surface area contributed by atoms with Gasteiger partial charge in [0.05, 0.1) is 11.1 Å². The van der Waals surface area contributed by atoms with Gasteiger partial charge in [0.1, 0.15) is 5.69 Å². The van der Waals surface area contributed by atoms with Crippen LogP contribution in [-0.2, 0) is 14.8 Å². The van der Waals surface area contributed by atoms with Crippen LogP contribution in [-0.4, -0.2) is 24.3 Å². The number of rotatable bonds is 6. The van der Waals surface area contributed by atoms with Gasteiger partial charge in [0.25, 0.3) is 0 Å². The fraction of sp³-hybridized carbons (Fsp3) is 0.158. The van der Waals surface area contributed by atoms with Crippen molar-refractivity contribution in [1.29, 1.82) is 0 Å². The van der Waals surface area contributed by atoms with Crippen LogP contribution >= 0.6 is 11.6 Å². The van der Waals surface area contributed by atoms with Crippen LogP contribution in [0.3, 0.4) is 0 Å². The van der Waals surface area contributed by atoms with Crippen molar-refractivity contribution in [2.75, 3.05) is 0 Å². The summed E-state index contributed by atoms with van der Waals surface area (Å²) in [5.41, 5.74) is 2.67. The maximum atomic E-state index is 11.8. The van der Waals surface area contributed by atoms with Gasteiger partial charge >= 0.3 is 5.97 Å².